The van der Waals surface area contributed by atoms with Crippen molar-refractivity contribution in [3.05, 3.63) is 23.8 Å². The van der Waals surface area contributed by atoms with Crippen molar-refractivity contribution in [1.29, 1.82) is 0 Å². The molecule has 1 aliphatic rings. The summed E-state index contributed by atoms with van der Waals surface area (Å²) in [6, 6.07) is 4.64. The van der Waals surface area contributed by atoms with E-state index < -0.39 is 11.9 Å². The van der Waals surface area contributed by atoms with E-state index in [1.54, 1.807) is 19.2 Å². The summed E-state index contributed by atoms with van der Waals surface area (Å²) in [5.41, 5.74) is 1.30. The number of nitrogens with zero attached hydrogens (tertiary/aromatic N) is 1. The van der Waals surface area contributed by atoms with Crippen molar-refractivity contribution in [1.82, 2.24) is 0 Å². The van der Waals surface area contributed by atoms with Crippen molar-refractivity contribution in [2.75, 3.05) is 24.4 Å². The molecule has 2 rings (SSSR count). The molecule has 0 aromatic heterocycles. The van der Waals surface area contributed by atoms with Crippen LogP contribution in [0.3, 0.4) is 0 Å². The Bertz CT molecular complexity index is 539. The summed E-state index contributed by atoms with van der Waals surface area (Å²) in [5.74, 6) is -1.19. The van der Waals surface area contributed by atoms with Crippen LogP contribution >= 0.6 is 0 Å². The van der Waals surface area contributed by atoms with E-state index in [0.29, 0.717) is 16.9 Å². The summed E-state index contributed by atoms with van der Waals surface area (Å²) in [6.45, 7) is 0. The standard InChI is InChI=1S/C12H12N2O4/c1-14-9-4-3-7(12(17)18-2)5-8(9)13-10(15)6-11(14)16/h3-5H,6H2,1-2H3,(H,13,15). The van der Waals surface area contributed by atoms with Crippen molar-refractivity contribution in [2.24, 2.45) is 0 Å². The molecule has 0 radical (unpaired) electrons. The van der Waals surface area contributed by atoms with Gasteiger partial charge in [-0.3, -0.25) is 9.59 Å². The third kappa shape index (κ3) is 2.04. The average Bonchev–Trinajstić information content (AvgIpc) is 2.46. The predicted octanol–water partition coefficient (Wildman–Crippen LogP) is 0.778. The summed E-state index contributed by atoms with van der Waals surface area (Å²) >= 11 is 0. The summed E-state index contributed by atoms with van der Waals surface area (Å²) in [7, 11) is 2.86. The molecule has 94 valence electrons. The quantitative estimate of drug-likeness (QED) is 0.588. The minimum Gasteiger partial charge on any atom is -0.465 e. The second-order valence-electron chi connectivity index (χ2n) is 3.90. The van der Waals surface area contributed by atoms with Gasteiger partial charge in [0, 0.05) is 7.05 Å². The van der Waals surface area contributed by atoms with Crippen molar-refractivity contribution in [3.63, 3.8) is 0 Å². The molecule has 0 fully saturated rings. The van der Waals surface area contributed by atoms with Gasteiger partial charge in [0.15, 0.2) is 0 Å². The summed E-state index contributed by atoms with van der Waals surface area (Å²) in [5, 5.41) is 2.59. The third-order valence-corrected chi connectivity index (χ3v) is 2.74. The van der Waals surface area contributed by atoms with E-state index in [9.17, 15) is 14.4 Å². The largest absolute Gasteiger partial charge is 0.465 e. The lowest BCUT2D eigenvalue weighted by Gasteiger charge is -2.16. The van der Waals surface area contributed by atoms with E-state index in [2.05, 4.69) is 10.1 Å². The Morgan fingerprint density at radius 2 is 2.11 bits per heavy atom. The van der Waals surface area contributed by atoms with Gasteiger partial charge in [-0.05, 0) is 18.2 Å². The fourth-order valence-corrected chi connectivity index (χ4v) is 1.76. The molecular weight excluding hydrogens is 236 g/mol. The molecule has 0 unspecified atom stereocenters. The van der Waals surface area contributed by atoms with Gasteiger partial charge in [-0.2, -0.15) is 0 Å². The molecule has 18 heavy (non-hydrogen) atoms. The van der Waals surface area contributed by atoms with Crippen LogP contribution in [0.15, 0.2) is 18.2 Å². The predicted molar refractivity (Wildman–Crippen MR) is 64.4 cm³/mol. The number of nitrogens with one attached hydrogen (secondary N) is 1. The number of benzene rings is 1. The Morgan fingerprint density at radius 1 is 1.39 bits per heavy atom. The molecule has 1 aromatic rings. The monoisotopic (exact) mass is 248 g/mol. The van der Waals surface area contributed by atoms with E-state index >= 15 is 0 Å². The second-order valence-corrected chi connectivity index (χ2v) is 3.90. The first-order chi connectivity index (χ1) is 8.52. The molecule has 0 spiro atoms. The molecular formula is C12H12N2O4. The molecule has 0 saturated heterocycles. The minimum absolute atomic E-state index is 0.210. The van der Waals surface area contributed by atoms with E-state index in [1.807, 2.05) is 0 Å². The zero-order chi connectivity index (χ0) is 13.3. The molecule has 1 aliphatic heterocycles. The summed E-state index contributed by atoms with van der Waals surface area (Å²) in [6.07, 6.45) is -0.210. The highest BCUT2D eigenvalue weighted by molar-refractivity contribution is 6.14. The van der Waals surface area contributed by atoms with Crippen LogP contribution in [0.25, 0.3) is 0 Å². The van der Waals surface area contributed by atoms with Crippen molar-refractivity contribution < 1.29 is 19.1 Å². The van der Waals surface area contributed by atoms with Crippen LogP contribution in [0.1, 0.15) is 16.8 Å². The van der Waals surface area contributed by atoms with Gasteiger partial charge in [-0.15, -0.1) is 0 Å². The highest BCUT2D eigenvalue weighted by Crippen LogP contribution is 2.29. The van der Waals surface area contributed by atoms with E-state index in [4.69, 9.17) is 0 Å². The van der Waals surface area contributed by atoms with Crippen LogP contribution in [0, 0.1) is 0 Å². The molecule has 0 bridgehead atoms. The Balaban J connectivity index is 2.49. The first-order valence-corrected chi connectivity index (χ1v) is 5.31. The SMILES string of the molecule is COC(=O)c1ccc2c(c1)NC(=O)CC(=O)N2C. The number of ether oxygens (including phenoxy) is 1. The van der Waals surface area contributed by atoms with Crippen LogP contribution in [0.4, 0.5) is 11.4 Å². The lowest BCUT2D eigenvalue weighted by molar-refractivity contribution is -0.124. The number of methoxy groups -OCH3 is 1. The van der Waals surface area contributed by atoms with Crippen molar-refractivity contribution in [3.8, 4) is 0 Å². The smallest absolute Gasteiger partial charge is 0.337 e. The molecule has 0 aliphatic carbocycles. The van der Waals surface area contributed by atoms with E-state index in [1.165, 1.54) is 18.1 Å². The number of carbonyl (C=O) groups is 3. The molecule has 6 nitrogen and oxygen atoms in total. The minimum atomic E-state index is -0.495. The molecule has 1 aromatic carbocycles. The molecule has 0 atom stereocenters. The van der Waals surface area contributed by atoms with Gasteiger partial charge < -0.3 is 15.0 Å². The number of fused-ring (bicyclic) bond motifs is 1. The molecule has 1 heterocycles. The van der Waals surface area contributed by atoms with Gasteiger partial charge in [0.1, 0.15) is 6.42 Å². The molecule has 1 N–H and O–H groups in total. The average molecular weight is 248 g/mol. The lowest BCUT2D eigenvalue weighted by atomic mass is 10.1. The van der Waals surface area contributed by atoms with Gasteiger partial charge in [0.05, 0.1) is 24.0 Å². The van der Waals surface area contributed by atoms with Gasteiger partial charge in [0.25, 0.3) is 0 Å². The molecule has 2 amide bonds. The third-order valence-electron chi connectivity index (χ3n) is 2.74. The number of amides is 2. The lowest BCUT2D eigenvalue weighted by Crippen LogP contribution is -2.26. The van der Waals surface area contributed by atoms with E-state index in [0.717, 1.165) is 0 Å². The van der Waals surface area contributed by atoms with Crippen LogP contribution in [-0.2, 0) is 14.3 Å². The first kappa shape index (κ1) is 12.1. The highest BCUT2D eigenvalue weighted by Gasteiger charge is 2.24. The second kappa shape index (κ2) is 4.48. The Hall–Kier alpha value is -2.37. The Kier molecular flexibility index (Phi) is 3.01. The highest BCUT2D eigenvalue weighted by atomic mass is 16.5. The number of anilines is 2. The van der Waals surface area contributed by atoms with Crippen molar-refractivity contribution in [2.45, 2.75) is 6.42 Å². The molecule has 6 heteroatoms. The topological polar surface area (TPSA) is 75.7 Å². The number of esters is 1. The maximum absolute atomic E-state index is 11.6. The van der Waals surface area contributed by atoms with Gasteiger partial charge in [-0.25, -0.2) is 4.79 Å². The van der Waals surface area contributed by atoms with Crippen LogP contribution in [-0.4, -0.2) is 31.9 Å². The van der Waals surface area contributed by atoms with Gasteiger partial charge in [0.2, 0.25) is 11.8 Å². The fraction of sp³-hybridized carbons (Fsp3) is 0.250. The van der Waals surface area contributed by atoms with Crippen LogP contribution in [0.2, 0.25) is 0 Å². The normalized spacial score (nSPS) is 14.7. The Morgan fingerprint density at radius 3 is 2.78 bits per heavy atom. The summed E-state index contributed by atoms with van der Waals surface area (Å²) in [4.78, 5) is 35.9. The van der Waals surface area contributed by atoms with Crippen LogP contribution < -0.4 is 10.2 Å². The summed E-state index contributed by atoms with van der Waals surface area (Å²) < 4.78 is 4.60. The van der Waals surface area contributed by atoms with Gasteiger partial charge >= 0.3 is 5.97 Å². The number of rotatable bonds is 1. The Labute approximate surface area is 104 Å². The first-order valence-electron chi connectivity index (χ1n) is 5.31. The van der Waals surface area contributed by atoms with Crippen molar-refractivity contribution >= 4 is 29.2 Å². The zero-order valence-corrected chi connectivity index (χ0v) is 10.0. The number of hydrogen-bond acceptors (Lipinski definition) is 4. The fourth-order valence-electron chi connectivity index (χ4n) is 1.76. The zero-order valence-electron chi connectivity index (χ0n) is 10.0. The molecule has 0 saturated carbocycles. The number of carbonyl (C=O) groups excluding carboxylic acids is 3. The maximum atomic E-state index is 11.6. The van der Waals surface area contributed by atoms with E-state index in [-0.39, 0.29) is 12.3 Å². The maximum Gasteiger partial charge on any atom is 0.337 e. The number of hydrogen-bond donors (Lipinski definition) is 1. The van der Waals surface area contributed by atoms with Crippen LogP contribution in [0.5, 0.6) is 0 Å². The van der Waals surface area contributed by atoms with Gasteiger partial charge in [-0.1, -0.05) is 0 Å².